The molecule has 1 atom stereocenters. The molecule has 31 heavy (non-hydrogen) atoms. The second-order valence-electron chi connectivity index (χ2n) is 7.67. The van der Waals surface area contributed by atoms with Gasteiger partial charge in [0.15, 0.2) is 11.5 Å². The zero-order chi connectivity index (χ0) is 21.4. The summed E-state index contributed by atoms with van der Waals surface area (Å²) < 4.78 is 7.28. The molecule has 0 unspecified atom stereocenters. The lowest BCUT2D eigenvalue weighted by Gasteiger charge is -2.33. The van der Waals surface area contributed by atoms with Gasteiger partial charge in [0, 0.05) is 31.2 Å². The number of hydrogen-bond acceptors (Lipinski definition) is 5. The molecule has 4 aromatic rings. The lowest BCUT2D eigenvalue weighted by molar-refractivity contribution is -0.120. The van der Waals surface area contributed by atoms with Gasteiger partial charge in [0.25, 0.3) is 0 Å². The molecule has 0 radical (unpaired) electrons. The van der Waals surface area contributed by atoms with Gasteiger partial charge < -0.3 is 19.4 Å². The van der Waals surface area contributed by atoms with Crippen LogP contribution in [-0.2, 0) is 4.79 Å². The van der Waals surface area contributed by atoms with Crippen molar-refractivity contribution < 1.29 is 9.53 Å². The highest BCUT2D eigenvalue weighted by Gasteiger charge is 2.28. The van der Waals surface area contributed by atoms with E-state index in [1.165, 1.54) is 0 Å². The molecule has 0 bridgehead atoms. The summed E-state index contributed by atoms with van der Waals surface area (Å²) in [6, 6.07) is 13.2. The normalized spacial score (nSPS) is 16.6. The molecule has 1 N–H and O–H groups in total. The summed E-state index contributed by atoms with van der Waals surface area (Å²) >= 11 is 6.19. The van der Waals surface area contributed by atoms with E-state index in [0.717, 1.165) is 36.2 Å². The largest absolute Gasteiger partial charge is 0.495 e. The number of pyridine rings is 1. The van der Waals surface area contributed by atoms with Crippen molar-refractivity contribution in [1.82, 2.24) is 14.4 Å². The first-order chi connectivity index (χ1) is 15.1. The Balaban J connectivity index is 1.39. The van der Waals surface area contributed by atoms with Gasteiger partial charge in [-0.3, -0.25) is 4.79 Å². The Morgan fingerprint density at radius 3 is 2.94 bits per heavy atom. The number of hydrogen-bond donors (Lipinski definition) is 1. The van der Waals surface area contributed by atoms with Crippen LogP contribution in [0.4, 0.5) is 11.5 Å². The molecule has 4 heterocycles. The monoisotopic (exact) mass is 435 g/mol. The van der Waals surface area contributed by atoms with Crippen LogP contribution >= 0.6 is 11.6 Å². The first-order valence-electron chi connectivity index (χ1n) is 10.2. The predicted octanol–water partition coefficient (Wildman–Crippen LogP) is 4.40. The van der Waals surface area contributed by atoms with Crippen molar-refractivity contribution in [3.63, 3.8) is 0 Å². The Morgan fingerprint density at radius 2 is 2.10 bits per heavy atom. The Morgan fingerprint density at radius 1 is 1.23 bits per heavy atom. The minimum atomic E-state index is -0.147. The highest BCUT2D eigenvalue weighted by Crippen LogP contribution is 2.30. The molecule has 1 fully saturated rings. The van der Waals surface area contributed by atoms with Gasteiger partial charge in [-0.2, -0.15) is 0 Å². The molecule has 7 nitrogen and oxygen atoms in total. The van der Waals surface area contributed by atoms with Crippen molar-refractivity contribution in [1.29, 1.82) is 0 Å². The fraction of sp³-hybridized carbons (Fsp3) is 0.261. The molecule has 1 saturated heterocycles. The zero-order valence-electron chi connectivity index (χ0n) is 17.1. The SMILES string of the molecule is COc1ccc(NC(=O)[C@@H]2CCCN(c3nc4ncccc4n4cccc34)C2)cc1Cl. The molecule has 3 aromatic heterocycles. The summed E-state index contributed by atoms with van der Waals surface area (Å²) in [6.07, 6.45) is 5.51. The highest BCUT2D eigenvalue weighted by atomic mass is 35.5. The maximum Gasteiger partial charge on any atom is 0.229 e. The number of fused-ring (bicyclic) bond motifs is 3. The number of piperidine rings is 1. The van der Waals surface area contributed by atoms with E-state index in [1.54, 1.807) is 31.5 Å². The van der Waals surface area contributed by atoms with E-state index in [0.29, 0.717) is 28.7 Å². The Bertz CT molecular complexity index is 1270. The van der Waals surface area contributed by atoms with Crippen molar-refractivity contribution in [2.24, 2.45) is 5.92 Å². The third kappa shape index (κ3) is 3.65. The Hall–Kier alpha value is -3.32. The molecule has 1 aromatic carbocycles. The number of methoxy groups -OCH3 is 1. The molecule has 0 aliphatic carbocycles. The molecule has 0 spiro atoms. The summed E-state index contributed by atoms with van der Waals surface area (Å²) in [5.74, 6) is 1.28. The molecule has 5 rings (SSSR count). The number of carbonyl (C=O) groups is 1. The van der Waals surface area contributed by atoms with E-state index in [-0.39, 0.29) is 11.8 Å². The summed E-state index contributed by atoms with van der Waals surface area (Å²) in [6.45, 7) is 1.45. The van der Waals surface area contributed by atoms with Crippen molar-refractivity contribution in [3.8, 4) is 5.75 Å². The number of rotatable bonds is 4. The van der Waals surface area contributed by atoms with Gasteiger partial charge in [-0.25, -0.2) is 9.97 Å². The average Bonchev–Trinajstić information content (AvgIpc) is 3.29. The topological polar surface area (TPSA) is 71.8 Å². The van der Waals surface area contributed by atoms with Crippen molar-refractivity contribution in [2.45, 2.75) is 12.8 Å². The van der Waals surface area contributed by atoms with Gasteiger partial charge in [0.05, 0.1) is 29.1 Å². The standard InChI is InChI=1S/C23H22ClN5O2/c1-31-20-9-8-16(13-17(20)24)26-23(30)15-5-3-11-28(14-15)22-19-7-4-12-29(19)18-6-2-10-25-21(18)27-22/h2,4,6-10,12-13,15H,3,5,11,14H2,1H3,(H,26,30)/t15-/m1/s1. The van der Waals surface area contributed by atoms with Crippen molar-refractivity contribution in [3.05, 3.63) is 59.9 Å². The summed E-state index contributed by atoms with van der Waals surface area (Å²) in [5.41, 5.74) is 3.34. The molecule has 1 aliphatic heterocycles. The van der Waals surface area contributed by atoms with E-state index < -0.39 is 0 Å². The van der Waals surface area contributed by atoms with Crippen LogP contribution in [0.1, 0.15) is 12.8 Å². The van der Waals surface area contributed by atoms with Gasteiger partial charge in [-0.15, -0.1) is 0 Å². The fourth-order valence-electron chi connectivity index (χ4n) is 4.20. The fourth-order valence-corrected chi connectivity index (χ4v) is 4.46. The van der Waals surface area contributed by atoms with Gasteiger partial charge in [-0.1, -0.05) is 11.6 Å². The smallest absolute Gasteiger partial charge is 0.229 e. The molecular weight excluding hydrogens is 414 g/mol. The molecule has 0 saturated carbocycles. The van der Waals surface area contributed by atoms with Crippen LogP contribution in [0.2, 0.25) is 5.02 Å². The third-order valence-corrected chi connectivity index (χ3v) is 6.02. The molecule has 1 amide bonds. The average molecular weight is 436 g/mol. The quantitative estimate of drug-likeness (QED) is 0.514. The number of carbonyl (C=O) groups excluding carboxylic acids is 1. The summed E-state index contributed by atoms with van der Waals surface area (Å²) in [7, 11) is 1.56. The minimum Gasteiger partial charge on any atom is -0.495 e. The van der Waals surface area contributed by atoms with Crippen LogP contribution in [-0.4, -0.2) is 40.5 Å². The maximum atomic E-state index is 13.0. The van der Waals surface area contributed by atoms with Crippen LogP contribution in [0.25, 0.3) is 16.7 Å². The van der Waals surface area contributed by atoms with Gasteiger partial charge >= 0.3 is 0 Å². The number of amides is 1. The zero-order valence-corrected chi connectivity index (χ0v) is 17.8. The van der Waals surface area contributed by atoms with Crippen LogP contribution < -0.4 is 15.0 Å². The van der Waals surface area contributed by atoms with E-state index in [4.69, 9.17) is 21.3 Å². The van der Waals surface area contributed by atoms with E-state index >= 15 is 0 Å². The lowest BCUT2D eigenvalue weighted by Crippen LogP contribution is -2.41. The summed E-state index contributed by atoms with van der Waals surface area (Å²) in [4.78, 5) is 24.5. The predicted molar refractivity (Wildman–Crippen MR) is 122 cm³/mol. The Kier molecular flexibility index (Phi) is 5.11. The number of halogens is 1. The Labute approximate surface area is 184 Å². The van der Waals surface area contributed by atoms with Crippen LogP contribution in [0.5, 0.6) is 5.75 Å². The highest BCUT2D eigenvalue weighted by molar-refractivity contribution is 6.32. The first-order valence-corrected chi connectivity index (χ1v) is 10.6. The number of aromatic nitrogens is 3. The minimum absolute atomic E-state index is 0.0174. The first kappa shape index (κ1) is 19.6. The molecule has 158 valence electrons. The third-order valence-electron chi connectivity index (χ3n) is 5.73. The lowest BCUT2D eigenvalue weighted by atomic mass is 9.97. The second-order valence-corrected chi connectivity index (χ2v) is 8.08. The molecular formula is C23H22ClN5O2. The molecule has 1 aliphatic rings. The van der Waals surface area contributed by atoms with Crippen LogP contribution in [0.3, 0.4) is 0 Å². The maximum absolute atomic E-state index is 13.0. The van der Waals surface area contributed by atoms with E-state index in [1.807, 2.05) is 24.4 Å². The van der Waals surface area contributed by atoms with Gasteiger partial charge in [0.1, 0.15) is 5.75 Å². The van der Waals surface area contributed by atoms with Crippen LogP contribution in [0.15, 0.2) is 54.9 Å². The second kappa shape index (κ2) is 8.07. The molecule has 8 heteroatoms. The van der Waals surface area contributed by atoms with Crippen molar-refractivity contribution >= 4 is 45.7 Å². The summed E-state index contributed by atoms with van der Waals surface area (Å²) in [5, 5.41) is 3.46. The van der Waals surface area contributed by atoms with Gasteiger partial charge in [-0.05, 0) is 55.3 Å². The number of anilines is 2. The number of nitrogens with zero attached hydrogens (tertiary/aromatic N) is 4. The van der Waals surface area contributed by atoms with E-state index in [9.17, 15) is 4.79 Å². The van der Waals surface area contributed by atoms with Crippen molar-refractivity contribution in [2.75, 3.05) is 30.4 Å². The van der Waals surface area contributed by atoms with E-state index in [2.05, 4.69) is 25.7 Å². The van der Waals surface area contributed by atoms with Crippen LogP contribution in [0, 0.1) is 5.92 Å². The number of nitrogens with one attached hydrogen (secondary N) is 1. The van der Waals surface area contributed by atoms with Gasteiger partial charge in [0.2, 0.25) is 5.91 Å². The number of benzene rings is 1. The number of ether oxygens (including phenoxy) is 1.